The Morgan fingerprint density at radius 2 is 2.21 bits per heavy atom. The molecule has 2 heterocycles. The number of amides is 2. The second-order valence-electron chi connectivity index (χ2n) is 5.35. The lowest BCUT2D eigenvalue weighted by Gasteiger charge is -2.36. The first-order chi connectivity index (χ1) is 11.6. The van der Waals surface area contributed by atoms with Gasteiger partial charge in [0.2, 0.25) is 0 Å². The number of rotatable bonds is 3. The van der Waals surface area contributed by atoms with E-state index in [-0.39, 0.29) is 6.03 Å². The Balaban J connectivity index is 1.87. The van der Waals surface area contributed by atoms with Gasteiger partial charge in [-0.25, -0.2) is 9.78 Å². The predicted molar refractivity (Wildman–Crippen MR) is 96.5 cm³/mol. The zero-order valence-corrected chi connectivity index (χ0v) is 14.4. The molecule has 0 atom stereocenters. The highest BCUT2D eigenvalue weighted by atomic mass is 35.5. The van der Waals surface area contributed by atoms with Gasteiger partial charge in [-0.1, -0.05) is 11.6 Å². The van der Waals surface area contributed by atoms with Crippen molar-refractivity contribution >= 4 is 34.8 Å². The fourth-order valence-corrected chi connectivity index (χ4v) is 2.94. The van der Waals surface area contributed by atoms with Gasteiger partial charge in [0.05, 0.1) is 18.5 Å². The standard InChI is InChI=1S/C17H19ClN4O2/c1-3-21-9-10-22(14-5-4-8-19-16(14)21)17(23)20-13-11-12(18)6-7-15(13)24-2/h4-8,11H,3,9-10H2,1-2H3,(H,20,23). The Morgan fingerprint density at radius 3 is 2.96 bits per heavy atom. The minimum Gasteiger partial charge on any atom is -0.495 e. The van der Waals surface area contributed by atoms with Crippen molar-refractivity contribution in [3.8, 4) is 5.75 Å². The fraction of sp³-hybridized carbons (Fsp3) is 0.294. The number of urea groups is 1. The highest BCUT2D eigenvalue weighted by Gasteiger charge is 2.27. The molecule has 7 heteroatoms. The number of hydrogen-bond donors (Lipinski definition) is 1. The number of carbonyl (C=O) groups excluding carboxylic acids is 1. The van der Waals surface area contributed by atoms with Crippen LogP contribution in [0.4, 0.5) is 22.0 Å². The summed E-state index contributed by atoms with van der Waals surface area (Å²) in [4.78, 5) is 21.0. The second-order valence-corrected chi connectivity index (χ2v) is 5.79. The molecule has 1 aromatic heterocycles. The van der Waals surface area contributed by atoms with E-state index in [1.165, 1.54) is 0 Å². The van der Waals surface area contributed by atoms with Gasteiger partial charge >= 0.3 is 6.03 Å². The Kier molecular flexibility index (Phi) is 4.76. The third kappa shape index (κ3) is 3.10. The molecule has 126 valence electrons. The minimum absolute atomic E-state index is 0.236. The maximum absolute atomic E-state index is 12.8. The van der Waals surface area contributed by atoms with E-state index in [9.17, 15) is 4.79 Å². The van der Waals surface area contributed by atoms with E-state index in [4.69, 9.17) is 16.3 Å². The number of methoxy groups -OCH3 is 1. The molecule has 3 rings (SSSR count). The first kappa shape index (κ1) is 16.4. The largest absolute Gasteiger partial charge is 0.495 e. The van der Waals surface area contributed by atoms with Crippen LogP contribution in [0.1, 0.15) is 6.92 Å². The molecule has 2 amide bonds. The van der Waals surface area contributed by atoms with Crippen molar-refractivity contribution in [2.24, 2.45) is 0 Å². The van der Waals surface area contributed by atoms with Crippen LogP contribution in [-0.4, -0.2) is 37.8 Å². The van der Waals surface area contributed by atoms with Crippen LogP contribution in [0.2, 0.25) is 5.02 Å². The molecule has 1 N–H and O–H groups in total. The molecule has 1 aromatic carbocycles. The molecule has 1 aliphatic heterocycles. The molecule has 0 fully saturated rings. The Bertz CT molecular complexity index is 753. The number of anilines is 3. The molecule has 0 saturated heterocycles. The van der Waals surface area contributed by atoms with Crippen LogP contribution in [0.3, 0.4) is 0 Å². The van der Waals surface area contributed by atoms with Crippen molar-refractivity contribution in [3.63, 3.8) is 0 Å². The number of aromatic nitrogens is 1. The number of likely N-dealkylation sites (N-methyl/N-ethyl adjacent to an activating group) is 1. The first-order valence-electron chi connectivity index (χ1n) is 7.76. The van der Waals surface area contributed by atoms with Gasteiger partial charge in [-0.05, 0) is 37.3 Å². The third-order valence-electron chi connectivity index (χ3n) is 3.98. The van der Waals surface area contributed by atoms with Crippen LogP contribution in [0, 0.1) is 0 Å². The number of nitrogens with one attached hydrogen (secondary N) is 1. The van der Waals surface area contributed by atoms with E-state index in [0.717, 1.165) is 24.6 Å². The second kappa shape index (κ2) is 6.97. The van der Waals surface area contributed by atoms with Crippen molar-refractivity contribution in [3.05, 3.63) is 41.6 Å². The highest BCUT2D eigenvalue weighted by molar-refractivity contribution is 6.31. The topological polar surface area (TPSA) is 57.7 Å². The van der Waals surface area contributed by atoms with Gasteiger partial charge in [-0.15, -0.1) is 0 Å². The van der Waals surface area contributed by atoms with E-state index in [0.29, 0.717) is 23.0 Å². The molecule has 0 saturated carbocycles. The highest BCUT2D eigenvalue weighted by Crippen LogP contribution is 2.32. The molecular formula is C17H19ClN4O2. The lowest BCUT2D eigenvalue weighted by Crippen LogP contribution is -2.46. The van der Waals surface area contributed by atoms with Gasteiger partial charge in [0.15, 0.2) is 5.82 Å². The molecule has 0 spiro atoms. The van der Waals surface area contributed by atoms with E-state index >= 15 is 0 Å². The van der Waals surface area contributed by atoms with Gasteiger partial charge in [0.1, 0.15) is 5.75 Å². The molecule has 1 aliphatic rings. The predicted octanol–water partition coefficient (Wildman–Crippen LogP) is 3.62. The van der Waals surface area contributed by atoms with E-state index < -0.39 is 0 Å². The third-order valence-corrected chi connectivity index (χ3v) is 4.22. The summed E-state index contributed by atoms with van der Waals surface area (Å²) in [5.41, 5.74) is 1.34. The first-order valence-corrected chi connectivity index (χ1v) is 8.14. The van der Waals surface area contributed by atoms with Crippen molar-refractivity contribution in [1.29, 1.82) is 0 Å². The Morgan fingerprint density at radius 1 is 1.38 bits per heavy atom. The Labute approximate surface area is 146 Å². The average Bonchev–Trinajstić information content (AvgIpc) is 2.61. The number of pyridine rings is 1. The lowest BCUT2D eigenvalue weighted by atomic mass is 10.2. The zero-order chi connectivity index (χ0) is 17.1. The summed E-state index contributed by atoms with van der Waals surface area (Å²) in [5.74, 6) is 1.38. The molecule has 6 nitrogen and oxygen atoms in total. The molecular weight excluding hydrogens is 328 g/mol. The molecule has 0 bridgehead atoms. The Hall–Kier alpha value is -2.47. The van der Waals surface area contributed by atoms with Crippen LogP contribution in [0.5, 0.6) is 5.75 Å². The van der Waals surface area contributed by atoms with Gasteiger partial charge in [-0.2, -0.15) is 0 Å². The lowest BCUT2D eigenvalue weighted by molar-refractivity contribution is 0.256. The normalized spacial score (nSPS) is 13.5. The van der Waals surface area contributed by atoms with Gasteiger partial charge in [-0.3, -0.25) is 4.90 Å². The van der Waals surface area contributed by atoms with Gasteiger partial charge in [0.25, 0.3) is 0 Å². The van der Waals surface area contributed by atoms with Crippen LogP contribution in [-0.2, 0) is 0 Å². The van der Waals surface area contributed by atoms with Crippen molar-refractivity contribution in [2.75, 3.05) is 41.9 Å². The number of fused-ring (bicyclic) bond motifs is 1. The summed E-state index contributed by atoms with van der Waals surface area (Å²) in [6.45, 7) is 4.24. The number of halogens is 1. The number of hydrogen-bond acceptors (Lipinski definition) is 4. The number of nitrogens with zero attached hydrogens (tertiary/aromatic N) is 3. The van der Waals surface area contributed by atoms with Crippen LogP contribution < -0.4 is 19.9 Å². The average molecular weight is 347 g/mol. The minimum atomic E-state index is -0.236. The van der Waals surface area contributed by atoms with Crippen molar-refractivity contribution in [1.82, 2.24) is 4.98 Å². The molecule has 0 radical (unpaired) electrons. The molecule has 2 aromatic rings. The van der Waals surface area contributed by atoms with Crippen LogP contribution in [0.15, 0.2) is 36.5 Å². The molecule has 0 aliphatic carbocycles. The monoisotopic (exact) mass is 346 g/mol. The quantitative estimate of drug-likeness (QED) is 0.922. The number of carbonyl (C=O) groups is 1. The fourth-order valence-electron chi connectivity index (χ4n) is 2.77. The molecule has 0 unspecified atom stereocenters. The SMILES string of the molecule is CCN1CCN(C(=O)Nc2cc(Cl)ccc2OC)c2cccnc21. The van der Waals surface area contributed by atoms with Crippen LogP contribution in [0.25, 0.3) is 0 Å². The molecule has 24 heavy (non-hydrogen) atoms. The van der Waals surface area contributed by atoms with Gasteiger partial charge < -0.3 is 15.0 Å². The smallest absolute Gasteiger partial charge is 0.326 e. The van der Waals surface area contributed by atoms with E-state index in [2.05, 4.69) is 22.1 Å². The van der Waals surface area contributed by atoms with Crippen LogP contribution >= 0.6 is 11.6 Å². The zero-order valence-electron chi connectivity index (χ0n) is 13.6. The van der Waals surface area contributed by atoms with E-state index in [1.807, 2.05) is 12.1 Å². The maximum Gasteiger partial charge on any atom is 0.326 e. The number of ether oxygens (including phenoxy) is 1. The van der Waals surface area contributed by atoms with Gasteiger partial charge in [0, 0.05) is 30.9 Å². The summed E-state index contributed by atoms with van der Waals surface area (Å²) in [6, 6.07) is 8.61. The summed E-state index contributed by atoms with van der Waals surface area (Å²) in [5, 5.41) is 3.41. The summed E-state index contributed by atoms with van der Waals surface area (Å²) >= 11 is 6.02. The summed E-state index contributed by atoms with van der Waals surface area (Å²) < 4.78 is 5.28. The number of benzene rings is 1. The summed E-state index contributed by atoms with van der Waals surface area (Å²) in [7, 11) is 1.55. The summed E-state index contributed by atoms with van der Waals surface area (Å²) in [6.07, 6.45) is 1.74. The van der Waals surface area contributed by atoms with Crippen molar-refractivity contribution < 1.29 is 9.53 Å². The maximum atomic E-state index is 12.8. The van der Waals surface area contributed by atoms with Crippen molar-refractivity contribution in [2.45, 2.75) is 6.92 Å². The van der Waals surface area contributed by atoms with E-state index in [1.54, 1.807) is 36.4 Å².